The molecule has 130 valence electrons. The summed E-state index contributed by atoms with van der Waals surface area (Å²) in [7, 11) is -3.48. The first-order valence-corrected chi connectivity index (χ1v) is 9.88. The molecule has 1 heterocycles. The molecule has 0 N–H and O–H groups in total. The highest BCUT2D eigenvalue weighted by Gasteiger charge is 2.30. The molecule has 0 saturated carbocycles. The number of rotatable bonds is 3. The highest BCUT2D eigenvalue weighted by atomic mass is 32.2. The molecule has 0 radical (unpaired) electrons. The number of carbonyl (C=O) groups is 1. The summed E-state index contributed by atoms with van der Waals surface area (Å²) in [5, 5.41) is 0. The average molecular weight is 348 g/mol. The van der Waals surface area contributed by atoms with Crippen LogP contribution in [0, 0.1) is 0 Å². The molecule has 0 bridgehead atoms. The quantitative estimate of drug-likeness (QED) is 0.785. The molecule has 1 amide bonds. The monoisotopic (exact) mass is 348 g/mol. The van der Waals surface area contributed by atoms with Crippen molar-refractivity contribution in [2.75, 3.05) is 26.2 Å². The minimum Gasteiger partial charge on any atom is -0.337 e. The van der Waals surface area contributed by atoms with Gasteiger partial charge in [0.15, 0.2) is 0 Å². The molecule has 1 aromatic carbocycles. The van der Waals surface area contributed by atoms with Crippen LogP contribution in [0.4, 0.5) is 0 Å². The van der Waals surface area contributed by atoms with Crippen LogP contribution in [-0.2, 0) is 27.7 Å². The Bertz CT molecular complexity index is 771. The Balaban J connectivity index is 1.71. The fourth-order valence-corrected chi connectivity index (χ4v) is 4.82. The lowest BCUT2D eigenvalue weighted by molar-refractivity contribution is -0.127. The highest BCUT2D eigenvalue weighted by Crippen LogP contribution is 2.26. The van der Waals surface area contributed by atoms with Gasteiger partial charge in [0.05, 0.1) is 4.90 Å². The van der Waals surface area contributed by atoms with Crippen molar-refractivity contribution < 1.29 is 13.2 Å². The number of hydrogen-bond donors (Lipinski definition) is 0. The minimum atomic E-state index is -3.48. The second-order valence-electron chi connectivity index (χ2n) is 6.74. The maximum Gasteiger partial charge on any atom is 0.246 e. The van der Waals surface area contributed by atoms with E-state index >= 15 is 0 Å². The van der Waals surface area contributed by atoms with Crippen molar-refractivity contribution in [1.82, 2.24) is 9.21 Å². The molecular weight excluding hydrogens is 324 g/mol. The topological polar surface area (TPSA) is 57.7 Å². The summed E-state index contributed by atoms with van der Waals surface area (Å²) >= 11 is 0. The Labute approximate surface area is 144 Å². The smallest absolute Gasteiger partial charge is 0.246 e. The third-order valence-electron chi connectivity index (χ3n) is 4.67. The number of fused-ring (bicyclic) bond motifs is 1. The molecule has 5 nitrogen and oxygen atoms in total. The Morgan fingerprint density at radius 3 is 2.38 bits per heavy atom. The average Bonchev–Trinajstić information content (AvgIpc) is 3.02. The van der Waals surface area contributed by atoms with Gasteiger partial charge in [0.1, 0.15) is 0 Å². The number of benzene rings is 1. The lowest BCUT2D eigenvalue weighted by Crippen LogP contribution is -2.50. The van der Waals surface area contributed by atoms with Gasteiger partial charge >= 0.3 is 0 Å². The van der Waals surface area contributed by atoms with Crippen LogP contribution in [0.25, 0.3) is 0 Å². The van der Waals surface area contributed by atoms with Gasteiger partial charge in [-0.1, -0.05) is 11.6 Å². The van der Waals surface area contributed by atoms with Gasteiger partial charge in [-0.15, -0.1) is 0 Å². The van der Waals surface area contributed by atoms with Gasteiger partial charge < -0.3 is 4.90 Å². The molecule has 6 heteroatoms. The van der Waals surface area contributed by atoms with Crippen LogP contribution in [0.15, 0.2) is 34.7 Å². The Morgan fingerprint density at radius 1 is 1.04 bits per heavy atom. The van der Waals surface area contributed by atoms with Gasteiger partial charge in [-0.3, -0.25) is 4.79 Å². The van der Waals surface area contributed by atoms with E-state index in [4.69, 9.17) is 0 Å². The predicted molar refractivity (Wildman–Crippen MR) is 93.2 cm³/mol. The van der Waals surface area contributed by atoms with Crippen molar-refractivity contribution in [2.24, 2.45) is 0 Å². The first kappa shape index (κ1) is 17.2. The fraction of sp³-hybridized carbons (Fsp3) is 0.500. The number of allylic oxidation sites excluding steroid dienone is 1. The van der Waals surface area contributed by atoms with Gasteiger partial charge in [0.25, 0.3) is 0 Å². The molecular formula is C18H24N2O3S. The van der Waals surface area contributed by atoms with E-state index in [1.54, 1.807) is 17.0 Å². The number of carbonyl (C=O) groups excluding carboxylic acids is 1. The van der Waals surface area contributed by atoms with E-state index in [0.717, 1.165) is 30.4 Å². The Hall–Kier alpha value is -1.66. The summed E-state index contributed by atoms with van der Waals surface area (Å²) in [6.45, 7) is 5.34. The summed E-state index contributed by atoms with van der Waals surface area (Å²) in [5.74, 6) is -0.0374. The second-order valence-corrected chi connectivity index (χ2v) is 8.67. The van der Waals surface area contributed by atoms with Crippen LogP contribution < -0.4 is 0 Å². The lowest BCUT2D eigenvalue weighted by atomic mass is 10.1. The van der Waals surface area contributed by atoms with Crippen LogP contribution >= 0.6 is 0 Å². The maximum atomic E-state index is 12.9. The normalized spacial score (nSPS) is 18.3. The van der Waals surface area contributed by atoms with Crippen molar-refractivity contribution >= 4 is 15.9 Å². The fourth-order valence-electron chi connectivity index (χ4n) is 3.34. The van der Waals surface area contributed by atoms with Crippen LogP contribution in [0.1, 0.15) is 31.4 Å². The van der Waals surface area contributed by atoms with E-state index in [-0.39, 0.29) is 5.91 Å². The van der Waals surface area contributed by atoms with Gasteiger partial charge in [-0.25, -0.2) is 8.42 Å². The van der Waals surface area contributed by atoms with Gasteiger partial charge in [-0.2, -0.15) is 4.31 Å². The first-order chi connectivity index (χ1) is 11.4. The van der Waals surface area contributed by atoms with Crippen LogP contribution in [0.2, 0.25) is 0 Å². The summed E-state index contributed by atoms with van der Waals surface area (Å²) in [6, 6.07) is 5.50. The van der Waals surface area contributed by atoms with E-state index in [0.29, 0.717) is 31.1 Å². The van der Waals surface area contributed by atoms with Crippen LogP contribution in [0.3, 0.4) is 0 Å². The largest absolute Gasteiger partial charge is 0.337 e. The molecule has 0 unspecified atom stereocenters. The predicted octanol–water partition coefficient (Wildman–Crippen LogP) is 1.97. The van der Waals surface area contributed by atoms with Gasteiger partial charge in [0.2, 0.25) is 15.9 Å². The molecule has 1 saturated heterocycles. The molecule has 1 fully saturated rings. The molecule has 1 aromatic rings. The number of hydrogen-bond acceptors (Lipinski definition) is 3. The molecule has 0 atom stereocenters. The van der Waals surface area contributed by atoms with Crippen molar-refractivity contribution in [2.45, 2.75) is 38.0 Å². The van der Waals surface area contributed by atoms with Crippen molar-refractivity contribution in [3.63, 3.8) is 0 Å². The highest BCUT2D eigenvalue weighted by molar-refractivity contribution is 7.89. The van der Waals surface area contributed by atoms with Crippen LogP contribution in [0.5, 0.6) is 0 Å². The number of aryl methyl sites for hydroxylation is 2. The van der Waals surface area contributed by atoms with E-state index < -0.39 is 10.0 Å². The summed E-state index contributed by atoms with van der Waals surface area (Å²) in [6.07, 6.45) is 4.71. The molecule has 2 aliphatic rings. The molecule has 24 heavy (non-hydrogen) atoms. The summed E-state index contributed by atoms with van der Waals surface area (Å²) in [5.41, 5.74) is 3.38. The zero-order valence-corrected chi connectivity index (χ0v) is 15.1. The first-order valence-electron chi connectivity index (χ1n) is 8.44. The molecule has 1 aliphatic carbocycles. The van der Waals surface area contributed by atoms with Crippen molar-refractivity contribution in [3.05, 3.63) is 41.0 Å². The van der Waals surface area contributed by atoms with Gasteiger partial charge in [0, 0.05) is 32.3 Å². The molecule has 1 aliphatic heterocycles. The maximum absolute atomic E-state index is 12.9. The second kappa shape index (κ2) is 6.69. The minimum absolute atomic E-state index is 0.0374. The van der Waals surface area contributed by atoms with Gasteiger partial charge in [-0.05, 0) is 56.4 Å². The van der Waals surface area contributed by atoms with Crippen molar-refractivity contribution in [1.29, 1.82) is 0 Å². The summed E-state index contributed by atoms with van der Waals surface area (Å²) in [4.78, 5) is 14.1. The zero-order chi connectivity index (χ0) is 17.3. The van der Waals surface area contributed by atoms with E-state index in [1.165, 1.54) is 9.87 Å². The third kappa shape index (κ3) is 3.39. The van der Waals surface area contributed by atoms with Crippen LogP contribution in [-0.4, -0.2) is 49.7 Å². The van der Waals surface area contributed by atoms with E-state index in [1.807, 2.05) is 26.0 Å². The standard InChI is InChI=1S/C18H24N2O3S/c1-14(2)12-18(21)19-8-10-20(11-9-19)24(22,23)17-7-6-15-4-3-5-16(15)13-17/h6-7,12-13H,3-5,8-11H2,1-2H3. The zero-order valence-electron chi connectivity index (χ0n) is 14.3. The Morgan fingerprint density at radius 2 is 1.71 bits per heavy atom. The third-order valence-corrected chi connectivity index (χ3v) is 6.56. The molecule has 0 spiro atoms. The SMILES string of the molecule is CC(C)=CC(=O)N1CCN(S(=O)(=O)c2ccc3c(c2)CCC3)CC1. The summed E-state index contributed by atoms with van der Waals surface area (Å²) < 4.78 is 27.2. The Kier molecular flexibility index (Phi) is 4.78. The lowest BCUT2D eigenvalue weighted by Gasteiger charge is -2.33. The number of sulfonamides is 1. The molecule has 3 rings (SSSR count). The number of piperazine rings is 1. The number of nitrogens with zero attached hydrogens (tertiary/aromatic N) is 2. The van der Waals surface area contributed by atoms with E-state index in [9.17, 15) is 13.2 Å². The number of amides is 1. The van der Waals surface area contributed by atoms with E-state index in [2.05, 4.69) is 0 Å². The van der Waals surface area contributed by atoms with Crippen molar-refractivity contribution in [3.8, 4) is 0 Å². The molecule has 0 aromatic heterocycles.